The van der Waals surface area contributed by atoms with Crippen LogP contribution in [0.2, 0.25) is 0 Å². The van der Waals surface area contributed by atoms with Crippen molar-refractivity contribution in [1.29, 1.82) is 0 Å². The summed E-state index contributed by atoms with van der Waals surface area (Å²) in [7, 11) is 0. The minimum Gasteiger partial charge on any atom is -0.344 e. The average molecular weight is 568 g/mol. The van der Waals surface area contributed by atoms with Crippen LogP contribution in [0.5, 0.6) is 0 Å². The minimum absolute atomic E-state index is 0.0782. The van der Waals surface area contributed by atoms with E-state index in [4.69, 9.17) is 0 Å². The van der Waals surface area contributed by atoms with Crippen molar-refractivity contribution in [3.63, 3.8) is 0 Å². The van der Waals surface area contributed by atoms with Gasteiger partial charge < -0.3 is 4.90 Å². The summed E-state index contributed by atoms with van der Waals surface area (Å²) >= 11 is 0. The molecule has 0 unspecified atom stereocenters. The third kappa shape index (κ3) is 6.00. The van der Waals surface area contributed by atoms with E-state index in [1.165, 1.54) is 81.7 Å². The molecule has 0 aromatic heterocycles. The number of fused-ring (bicyclic) bond motifs is 4. The van der Waals surface area contributed by atoms with Crippen molar-refractivity contribution in [3.05, 3.63) is 138 Å². The fourth-order valence-electron chi connectivity index (χ4n) is 7.11. The van der Waals surface area contributed by atoms with Gasteiger partial charge in [-0.2, -0.15) is 0 Å². The van der Waals surface area contributed by atoms with Crippen LogP contribution in [0.25, 0.3) is 21.5 Å². The van der Waals surface area contributed by atoms with Crippen LogP contribution >= 0.6 is 0 Å². The van der Waals surface area contributed by atoms with Crippen molar-refractivity contribution < 1.29 is 0 Å². The lowest BCUT2D eigenvalue weighted by molar-refractivity contribution is 0.604. The van der Waals surface area contributed by atoms with Crippen LogP contribution in [0, 0.1) is 6.92 Å². The van der Waals surface area contributed by atoms with Crippen molar-refractivity contribution in [2.24, 2.45) is 0 Å². The highest BCUT2D eigenvalue weighted by molar-refractivity contribution is 5.95. The van der Waals surface area contributed by atoms with Gasteiger partial charge in [0.25, 0.3) is 0 Å². The first-order valence-electron chi connectivity index (χ1n) is 16.2. The Hall–Kier alpha value is -3.84. The SMILES string of the molecule is C=C(/C=C/C=C/C=C1\N(CCCCCCC)c2ccc3ccccc3c2C1(C)C)C(C)(C)c1c(C)ccc2ccccc12. The van der Waals surface area contributed by atoms with Gasteiger partial charge in [-0.15, -0.1) is 0 Å². The van der Waals surface area contributed by atoms with Crippen LogP contribution in [0.3, 0.4) is 0 Å². The zero-order valence-corrected chi connectivity index (χ0v) is 27.2. The van der Waals surface area contributed by atoms with Gasteiger partial charge in [0.2, 0.25) is 0 Å². The summed E-state index contributed by atoms with van der Waals surface area (Å²) in [6.45, 7) is 19.5. The molecule has 5 rings (SSSR count). The first-order chi connectivity index (χ1) is 20.7. The molecule has 0 aliphatic carbocycles. The number of nitrogens with zero attached hydrogens (tertiary/aromatic N) is 1. The van der Waals surface area contributed by atoms with Crippen LogP contribution in [-0.2, 0) is 10.8 Å². The number of unbranched alkanes of at least 4 members (excludes halogenated alkanes) is 4. The van der Waals surface area contributed by atoms with Gasteiger partial charge in [-0.05, 0) is 69.3 Å². The molecule has 1 aliphatic rings. The summed E-state index contributed by atoms with van der Waals surface area (Å²) < 4.78 is 0. The van der Waals surface area contributed by atoms with Crippen LogP contribution in [0.1, 0.15) is 83.4 Å². The molecule has 4 aromatic rings. The van der Waals surface area contributed by atoms with Gasteiger partial charge in [0.05, 0.1) is 0 Å². The van der Waals surface area contributed by atoms with Crippen LogP contribution < -0.4 is 4.90 Å². The molecule has 1 nitrogen and oxygen atoms in total. The van der Waals surface area contributed by atoms with Crippen molar-refractivity contribution in [2.45, 2.75) is 84.5 Å². The molecule has 0 bridgehead atoms. The minimum atomic E-state index is -0.182. The van der Waals surface area contributed by atoms with Crippen molar-refractivity contribution in [2.75, 3.05) is 11.4 Å². The van der Waals surface area contributed by atoms with E-state index in [1.807, 2.05) is 0 Å². The number of hydrogen-bond donors (Lipinski definition) is 0. The quantitative estimate of drug-likeness (QED) is 0.129. The van der Waals surface area contributed by atoms with Gasteiger partial charge >= 0.3 is 0 Å². The van der Waals surface area contributed by atoms with E-state index in [-0.39, 0.29) is 10.8 Å². The second-order valence-electron chi connectivity index (χ2n) is 13.3. The molecule has 1 aliphatic heterocycles. The largest absolute Gasteiger partial charge is 0.344 e. The Morgan fingerprint density at radius 3 is 2.19 bits per heavy atom. The van der Waals surface area contributed by atoms with Gasteiger partial charge in [0, 0.05) is 28.8 Å². The summed E-state index contributed by atoms with van der Waals surface area (Å²) in [5.74, 6) is 0. The molecule has 0 saturated carbocycles. The van der Waals surface area contributed by atoms with Crippen LogP contribution in [-0.4, -0.2) is 6.54 Å². The van der Waals surface area contributed by atoms with Gasteiger partial charge in [0.15, 0.2) is 0 Å². The zero-order chi connectivity index (χ0) is 30.6. The standard InChI is InChI=1S/C42H49N/c1-8-9-10-11-19-30-43-37-29-28-34-22-16-18-24-36(34)40(37)42(6,7)38(43)25-14-12-13-20-32(3)41(4,5)39-31(2)26-27-33-21-15-17-23-35(33)39/h12-18,20-29H,3,8-11,19,30H2,1-2,4-7H3/b14-12+,20-13+,38-25-. The molecule has 0 spiro atoms. The van der Waals surface area contributed by atoms with Crippen LogP contribution in [0.15, 0.2) is 121 Å². The van der Waals surface area contributed by atoms with Crippen molar-refractivity contribution >= 4 is 27.2 Å². The number of rotatable bonds is 11. The molecular formula is C42H49N. The second kappa shape index (κ2) is 12.8. The third-order valence-electron chi connectivity index (χ3n) is 9.58. The van der Waals surface area contributed by atoms with E-state index in [0.717, 1.165) is 12.1 Å². The number of benzene rings is 4. The number of allylic oxidation sites excluding steroid dienone is 7. The second-order valence-corrected chi connectivity index (χ2v) is 13.3. The highest BCUT2D eigenvalue weighted by Gasteiger charge is 2.40. The normalized spacial score (nSPS) is 15.9. The van der Waals surface area contributed by atoms with E-state index in [2.05, 4.69) is 156 Å². The molecule has 43 heavy (non-hydrogen) atoms. The average Bonchev–Trinajstić information content (AvgIpc) is 3.22. The molecule has 0 amide bonds. The summed E-state index contributed by atoms with van der Waals surface area (Å²) in [5, 5.41) is 5.28. The monoisotopic (exact) mass is 567 g/mol. The highest BCUT2D eigenvalue weighted by atomic mass is 15.2. The van der Waals surface area contributed by atoms with Gasteiger partial charge in [-0.25, -0.2) is 0 Å². The van der Waals surface area contributed by atoms with Gasteiger partial charge in [-0.3, -0.25) is 0 Å². The lowest BCUT2D eigenvalue weighted by Gasteiger charge is -2.30. The first kappa shape index (κ1) is 30.6. The Labute approximate surface area is 260 Å². The summed E-state index contributed by atoms with van der Waals surface area (Å²) in [6.07, 6.45) is 17.5. The van der Waals surface area contributed by atoms with E-state index in [9.17, 15) is 0 Å². The molecule has 222 valence electrons. The molecule has 0 atom stereocenters. The topological polar surface area (TPSA) is 3.24 Å². The van der Waals surface area contributed by atoms with Crippen molar-refractivity contribution in [1.82, 2.24) is 0 Å². The Bertz CT molecular complexity index is 1710. The summed E-state index contributed by atoms with van der Waals surface area (Å²) in [5.41, 5.74) is 7.72. The van der Waals surface area contributed by atoms with Gasteiger partial charge in [0.1, 0.15) is 0 Å². The van der Waals surface area contributed by atoms with Crippen molar-refractivity contribution in [3.8, 4) is 0 Å². The van der Waals surface area contributed by atoms with E-state index >= 15 is 0 Å². The predicted molar refractivity (Wildman–Crippen MR) is 190 cm³/mol. The Kier molecular flexibility index (Phi) is 9.11. The fraction of sp³-hybridized carbons (Fsp3) is 0.333. The Morgan fingerprint density at radius 1 is 0.791 bits per heavy atom. The lowest BCUT2D eigenvalue weighted by Crippen LogP contribution is -2.27. The summed E-state index contributed by atoms with van der Waals surface area (Å²) in [4.78, 5) is 2.59. The number of anilines is 1. The molecule has 4 aromatic carbocycles. The number of aryl methyl sites for hydroxylation is 1. The van der Waals surface area contributed by atoms with Gasteiger partial charge in [-0.1, -0.05) is 158 Å². The Morgan fingerprint density at radius 2 is 1.44 bits per heavy atom. The molecule has 0 radical (unpaired) electrons. The zero-order valence-electron chi connectivity index (χ0n) is 27.2. The molecule has 0 saturated heterocycles. The van der Waals surface area contributed by atoms with E-state index in [0.29, 0.717) is 0 Å². The molecule has 1 heteroatoms. The van der Waals surface area contributed by atoms with E-state index in [1.54, 1.807) is 0 Å². The maximum atomic E-state index is 4.53. The number of hydrogen-bond acceptors (Lipinski definition) is 1. The maximum Gasteiger partial charge on any atom is 0.0457 e. The lowest BCUT2D eigenvalue weighted by atomic mass is 9.74. The molecular weight excluding hydrogens is 518 g/mol. The predicted octanol–water partition coefficient (Wildman–Crippen LogP) is 11.9. The third-order valence-corrected chi connectivity index (χ3v) is 9.58. The van der Waals surface area contributed by atoms with Crippen LogP contribution in [0.4, 0.5) is 5.69 Å². The first-order valence-corrected chi connectivity index (χ1v) is 16.2. The molecule has 1 heterocycles. The molecule has 0 N–H and O–H groups in total. The highest BCUT2D eigenvalue weighted by Crippen LogP contribution is 2.50. The van der Waals surface area contributed by atoms with E-state index < -0.39 is 0 Å². The smallest absolute Gasteiger partial charge is 0.0457 e. The fourth-order valence-corrected chi connectivity index (χ4v) is 7.11. The Balaban J connectivity index is 1.41. The maximum absolute atomic E-state index is 4.53. The molecule has 0 fully saturated rings. The summed E-state index contributed by atoms with van der Waals surface area (Å²) in [6, 6.07) is 26.6.